The number of nitrogens with zero attached hydrogens (tertiary/aromatic N) is 2. The number of carbonyl (C=O) groups is 1. The summed E-state index contributed by atoms with van der Waals surface area (Å²) in [5, 5.41) is 1.91. The number of rotatable bonds is 6. The van der Waals surface area contributed by atoms with Crippen molar-refractivity contribution in [1.82, 2.24) is 9.80 Å². The van der Waals surface area contributed by atoms with Gasteiger partial charge in [-0.05, 0) is 53.4 Å². The summed E-state index contributed by atoms with van der Waals surface area (Å²) >= 11 is 1.41. The van der Waals surface area contributed by atoms with Crippen LogP contribution >= 0.6 is 11.3 Å². The maximum Gasteiger partial charge on any atom is 0.264 e. The molecule has 0 spiro atoms. The van der Waals surface area contributed by atoms with E-state index < -0.39 is 0 Å². The van der Waals surface area contributed by atoms with E-state index in [9.17, 15) is 13.6 Å². The number of ether oxygens (including phenoxy) is 1. The van der Waals surface area contributed by atoms with Gasteiger partial charge in [-0.3, -0.25) is 9.69 Å². The molecule has 0 radical (unpaired) electrons. The molecule has 1 saturated heterocycles. The second-order valence-corrected chi connectivity index (χ2v) is 8.17. The Kier molecular flexibility index (Phi) is 6.40. The summed E-state index contributed by atoms with van der Waals surface area (Å²) in [7, 11) is 0. The molecule has 1 fully saturated rings. The highest BCUT2D eigenvalue weighted by atomic mass is 32.1. The summed E-state index contributed by atoms with van der Waals surface area (Å²) in [6.45, 7) is 3.82. The van der Waals surface area contributed by atoms with Gasteiger partial charge < -0.3 is 9.64 Å². The van der Waals surface area contributed by atoms with E-state index in [-0.39, 0.29) is 17.5 Å². The quantitative estimate of drug-likeness (QED) is 0.577. The molecule has 3 aromatic rings. The number of hydrogen-bond donors (Lipinski definition) is 0. The molecule has 7 heteroatoms. The van der Waals surface area contributed by atoms with Gasteiger partial charge in [0.25, 0.3) is 5.91 Å². The van der Waals surface area contributed by atoms with Crippen LogP contribution in [-0.4, -0.2) is 41.9 Å². The van der Waals surface area contributed by atoms with Crippen LogP contribution in [0.4, 0.5) is 8.78 Å². The smallest absolute Gasteiger partial charge is 0.264 e. The lowest BCUT2D eigenvalue weighted by Gasteiger charge is -2.34. The predicted molar refractivity (Wildman–Crippen MR) is 113 cm³/mol. The van der Waals surface area contributed by atoms with Crippen molar-refractivity contribution in [3.05, 3.63) is 87.6 Å². The number of piperazine rings is 1. The monoisotopic (exact) mass is 428 g/mol. The molecule has 1 aromatic heterocycles. The van der Waals surface area contributed by atoms with Gasteiger partial charge in [0.1, 0.15) is 24.0 Å². The van der Waals surface area contributed by atoms with E-state index in [1.165, 1.54) is 29.5 Å². The molecule has 0 aliphatic carbocycles. The molecule has 2 aromatic carbocycles. The SMILES string of the molecule is O=C(c1cc(COc2ccc(F)cc2)cs1)N1CCN(Cc2cccc(F)c2)CC1. The molecule has 1 aliphatic rings. The van der Waals surface area contributed by atoms with Gasteiger partial charge in [0.2, 0.25) is 0 Å². The fraction of sp³-hybridized carbons (Fsp3) is 0.261. The van der Waals surface area contributed by atoms with Crippen molar-refractivity contribution in [2.75, 3.05) is 26.2 Å². The highest BCUT2D eigenvalue weighted by molar-refractivity contribution is 7.12. The van der Waals surface area contributed by atoms with Gasteiger partial charge in [-0.15, -0.1) is 11.3 Å². The third kappa shape index (κ3) is 5.23. The van der Waals surface area contributed by atoms with Gasteiger partial charge in [0.15, 0.2) is 0 Å². The maximum absolute atomic E-state index is 13.4. The number of amides is 1. The van der Waals surface area contributed by atoms with E-state index in [1.807, 2.05) is 22.4 Å². The van der Waals surface area contributed by atoms with Crippen LogP contribution in [0.15, 0.2) is 60.0 Å². The van der Waals surface area contributed by atoms with Crippen molar-refractivity contribution < 1.29 is 18.3 Å². The second kappa shape index (κ2) is 9.36. The van der Waals surface area contributed by atoms with Gasteiger partial charge in [0.05, 0.1) is 4.88 Å². The average molecular weight is 429 g/mol. The Balaban J connectivity index is 1.27. The van der Waals surface area contributed by atoms with Crippen molar-refractivity contribution in [3.63, 3.8) is 0 Å². The van der Waals surface area contributed by atoms with Crippen molar-refractivity contribution in [2.45, 2.75) is 13.2 Å². The summed E-state index contributed by atoms with van der Waals surface area (Å²) < 4.78 is 32.0. The van der Waals surface area contributed by atoms with E-state index in [1.54, 1.807) is 24.3 Å². The molecule has 1 aliphatic heterocycles. The fourth-order valence-corrected chi connectivity index (χ4v) is 4.28. The molecule has 30 heavy (non-hydrogen) atoms. The second-order valence-electron chi connectivity index (χ2n) is 7.26. The van der Waals surface area contributed by atoms with Crippen molar-refractivity contribution in [3.8, 4) is 5.75 Å². The molecule has 156 valence electrons. The van der Waals surface area contributed by atoms with Crippen molar-refractivity contribution in [2.24, 2.45) is 0 Å². The van der Waals surface area contributed by atoms with Crippen LogP contribution in [0.3, 0.4) is 0 Å². The number of benzene rings is 2. The zero-order valence-corrected chi connectivity index (χ0v) is 17.2. The highest BCUT2D eigenvalue weighted by Crippen LogP contribution is 2.21. The molecule has 0 atom stereocenters. The topological polar surface area (TPSA) is 32.8 Å². The van der Waals surface area contributed by atoms with Crippen LogP contribution in [-0.2, 0) is 13.2 Å². The van der Waals surface area contributed by atoms with Gasteiger partial charge >= 0.3 is 0 Å². The van der Waals surface area contributed by atoms with Crippen LogP contribution in [0.2, 0.25) is 0 Å². The van der Waals surface area contributed by atoms with Crippen LogP contribution in [0, 0.1) is 11.6 Å². The lowest BCUT2D eigenvalue weighted by Crippen LogP contribution is -2.48. The van der Waals surface area contributed by atoms with Crippen LogP contribution in [0.25, 0.3) is 0 Å². The summed E-state index contributed by atoms with van der Waals surface area (Å²) in [5.41, 5.74) is 1.86. The zero-order chi connectivity index (χ0) is 20.9. The van der Waals surface area contributed by atoms with Gasteiger partial charge in [0, 0.05) is 38.3 Å². The zero-order valence-electron chi connectivity index (χ0n) is 16.4. The summed E-state index contributed by atoms with van der Waals surface area (Å²) in [6, 6.07) is 14.4. The molecule has 0 unspecified atom stereocenters. The summed E-state index contributed by atoms with van der Waals surface area (Å²) in [6.07, 6.45) is 0. The minimum Gasteiger partial charge on any atom is -0.489 e. The lowest BCUT2D eigenvalue weighted by atomic mass is 10.2. The molecular formula is C23H22F2N2O2S. The highest BCUT2D eigenvalue weighted by Gasteiger charge is 2.23. The van der Waals surface area contributed by atoms with Gasteiger partial charge in [-0.25, -0.2) is 8.78 Å². The Bertz CT molecular complexity index is 998. The van der Waals surface area contributed by atoms with E-state index in [0.29, 0.717) is 36.9 Å². The van der Waals surface area contributed by atoms with Crippen molar-refractivity contribution >= 4 is 17.2 Å². The molecule has 4 nitrogen and oxygen atoms in total. The number of thiophene rings is 1. The molecule has 0 bridgehead atoms. The molecule has 2 heterocycles. The Labute approximate surface area is 178 Å². The minimum atomic E-state index is -0.304. The number of carbonyl (C=O) groups excluding carboxylic acids is 1. The number of halogens is 2. The Hall–Kier alpha value is -2.77. The number of hydrogen-bond acceptors (Lipinski definition) is 4. The normalized spacial score (nSPS) is 14.7. The fourth-order valence-electron chi connectivity index (χ4n) is 3.42. The third-order valence-corrected chi connectivity index (χ3v) is 6.01. The first-order valence-electron chi connectivity index (χ1n) is 9.79. The minimum absolute atomic E-state index is 0.0263. The van der Waals surface area contributed by atoms with E-state index in [4.69, 9.17) is 4.74 Å². The predicted octanol–water partition coefficient (Wildman–Crippen LogP) is 4.56. The van der Waals surface area contributed by atoms with E-state index in [0.717, 1.165) is 24.2 Å². The van der Waals surface area contributed by atoms with Crippen LogP contribution < -0.4 is 4.74 Å². The lowest BCUT2D eigenvalue weighted by molar-refractivity contribution is 0.0633. The summed E-state index contributed by atoms with van der Waals surface area (Å²) in [4.78, 5) is 17.6. The van der Waals surface area contributed by atoms with Crippen LogP contribution in [0.5, 0.6) is 5.75 Å². The average Bonchev–Trinajstić information content (AvgIpc) is 3.22. The first-order chi connectivity index (χ1) is 14.6. The largest absolute Gasteiger partial charge is 0.489 e. The van der Waals surface area contributed by atoms with Gasteiger partial charge in [-0.1, -0.05) is 12.1 Å². The molecular weight excluding hydrogens is 406 g/mol. The first-order valence-corrected chi connectivity index (χ1v) is 10.7. The van der Waals surface area contributed by atoms with E-state index in [2.05, 4.69) is 4.90 Å². The maximum atomic E-state index is 13.4. The third-order valence-electron chi connectivity index (χ3n) is 5.04. The van der Waals surface area contributed by atoms with Crippen LogP contribution in [0.1, 0.15) is 20.8 Å². The molecule has 1 amide bonds. The molecule has 0 saturated carbocycles. The summed E-state index contributed by atoms with van der Waals surface area (Å²) in [5.74, 6) is 0.0864. The standard InChI is InChI=1S/C23H22F2N2O2S/c24-19-4-6-21(7-5-19)29-15-18-13-22(30-16-18)23(28)27-10-8-26(9-11-27)14-17-2-1-3-20(25)12-17/h1-7,12-13,16H,8-11,14-15H2. The van der Waals surface area contributed by atoms with Gasteiger partial charge in [-0.2, -0.15) is 0 Å². The van der Waals surface area contributed by atoms with Crippen molar-refractivity contribution in [1.29, 1.82) is 0 Å². The molecule has 0 N–H and O–H groups in total. The Morgan fingerprint density at radius 1 is 0.933 bits per heavy atom. The Morgan fingerprint density at radius 3 is 2.43 bits per heavy atom. The van der Waals surface area contributed by atoms with E-state index >= 15 is 0 Å². The molecule has 4 rings (SSSR count). The Morgan fingerprint density at radius 2 is 1.70 bits per heavy atom. The first kappa shape index (κ1) is 20.5.